The van der Waals surface area contributed by atoms with Crippen molar-refractivity contribution in [1.82, 2.24) is 4.98 Å². The molecule has 0 unspecified atom stereocenters. The van der Waals surface area contributed by atoms with Gasteiger partial charge in [-0.3, -0.25) is 14.9 Å². The zero-order valence-corrected chi connectivity index (χ0v) is 8.05. The number of amides is 1. The van der Waals surface area contributed by atoms with E-state index in [1.165, 1.54) is 6.07 Å². The van der Waals surface area contributed by atoms with Gasteiger partial charge in [-0.25, -0.2) is 13.8 Å². The van der Waals surface area contributed by atoms with Crippen molar-refractivity contribution in [3.05, 3.63) is 33.1 Å². The third-order valence-electron chi connectivity index (χ3n) is 1.85. The van der Waals surface area contributed by atoms with Gasteiger partial charge in [0, 0.05) is 6.20 Å². The third-order valence-corrected chi connectivity index (χ3v) is 1.85. The van der Waals surface area contributed by atoms with Crippen LogP contribution in [-0.4, -0.2) is 15.8 Å². The van der Waals surface area contributed by atoms with Crippen molar-refractivity contribution in [2.45, 2.75) is 6.43 Å². The van der Waals surface area contributed by atoms with Gasteiger partial charge in [-0.1, -0.05) is 0 Å². The summed E-state index contributed by atoms with van der Waals surface area (Å²) in [6.45, 7) is 0. The lowest BCUT2D eigenvalue weighted by atomic mass is 10.1. The molecule has 0 atom stereocenters. The molecule has 88 valence electrons. The second kappa shape index (κ2) is 4.48. The number of carbonyl (C=O) groups excluding carboxylic acids is 1. The number of nitriles is 1. The number of hydrogen-bond donors (Lipinski definition) is 1. The summed E-state index contributed by atoms with van der Waals surface area (Å²) in [4.78, 5) is 23.7. The molecule has 0 aliphatic carbocycles. The Labute approximate surface area is 92.6 Å². The summed E-state index contributed by atoms with van der Waals surface area (Å²) in [6.07, 6.45) is -2.63. The molecule has 1 rings (SSSR count). The number of primary amides is 1. The van der Waals surface area contributed by atoms with Crippen LogP contribution in [0.25, 0.3) is 0 Å². The second-order valence-corrected chi connectivity index (χ2v) is 2.82. The highest BCUT2D eigenvalue weighted by atomic mass is 19.3. The fourth-order valence-corrected chi connectivity index (χ4v) is 1.20. The number of nitrogens with two attached hydrogens (primary N) is 1. The molecule has 0 spiro atoms. The SMILES string of the molecule is N#Cc1ncc(C(F)F)c(C(N)=O)c1[N+](=O)[O-]. The lowest BCUT2D eigenvalue weighted by molar-refractivity contribution is -0.385. The third kappa shape index (κ3) is 2.15. The number of hydrogen-bond acceptors (Lipinski definition) is 5. The minimum absolute atomic E-state index is 0.524. The fourth-order valence-electron chi connectivity index (χ4n) is 1.20. The molecular formula is C8H4F2N4O3. The molecule has 17 heavy (non-hydrogen) atoms. The van der Waals surface area contributed by atoms with Gasteiger partial charge in [0.2, 0.25) is 5.69 Å². The Hall–Kier alpha value is -2.63. The number of nitro groups is 1. The van der Waals surface area contributed by atoms with E-state index in [0.717, 1.165) is 0 Å². The highest BCUT2D eigenvalue weighted by Gasteiger charge is 2.31. The standard InChI is InChI=1S/C8H4F2N4O3/c9-7(10)3-2-13-4(1-11)6(14(16)17)5(3)8(12)15/h2,7H,(H2,12,15). The second-order valence-electron chi connectivity index (χ2n) is 2.82. The molecule has 9 heteroatoms. The predicted octanol–water partition coefficient (Wildman–Crippen LogP) is 0.898. The van der Waals surface area contributed by atoms with Crippen LogP contribution in [0.5, 0.6) is 0 Å². The molecule has 1 aromatic rings. The van der Waals surface area contributed by atoms with Crippen LogP contribution >= 0.6 is 0 Å². The molecule has 1 aromatic heterocycles. The molecule has 1 heterocycles. The maximum atomic E-state index is 12.5. The van der Waals surface area contributed by atoms with Crippen LogP contribution in [0.1, 0.15) is 28.0 Å². The van der Waals surface area contributed by atoms with Gasteiger partial charge in [0.15, 0.2) is 0 Å². The van der Waals surface area contributed by atoms with Crippen molar-refractivity contribution >= 4 is 11.6 Å². The van der Waals surface area contributed by atoms with Crippen molar-refractivity contribution in [3.8, 4) is 6.07 Å². The fraction of sp³-hybridized carbons (Fsp3) is 0.125. The topological polar surface area (TPSA) is 123 Å². The molecule has 0 bridgehead atoms. The lowest BCUT2D eigenvalue weighted by Crippen LogP contribution is -2.18. The number of halogens is 2. The van der Waals surface area contributed by atoms with Crippen LogP contribution in [0, 0.1) is 21.4 Å². The molecule has 0 aliphatic rings. The van der Waals surface area contributed by atoms with Crippen molar-refractivity contribution < 1.29 is 18.5 Å². The number of carbonyl (C=O) groups is 1. The van der Waals surface area contributed by atoms with Crippen LogP contribution in [0.15, 0.2) is 6.20 Å². The summed E-state index contributed by atoms with van der Waals surface area (Å²) in [7, 11) is 0. The van der Waals surface area contributed by atoms with E-state index in [-0.39, 0.29) is 0 Å². The van der Waals surface area contributed by atoms with E-state index >= 15 is 0 Å². The van der Waals surface area contributed by atoms with Crippen LogP contribution < -0.4 is 5.73 Å². The van der Waals surface area contributed by atoms with Gasteiger partial charge in [0.05, 0.1) is 10.5 Å². The smallest absolute Gasteiger partial charge is 0.318 e. The summed E-state index contributed by atoms with van der Waals surface area (Å²) >= 11 is 0. The molecule has 0 saturated carbocycles. The quantitative estimate of drug-likeness (QED) is 0.622. The van der Waals surface area contributed by atoms with Crippen LogP contribution in [0.2, 0.25) is 0 Å². The highest BCUT2D eigenvalue weighted by Crippen LogP contribution is 2.30. The van der Waals surface area contributed by atoms with Crippen LogP contribution in [-0.2, 0) is 0 Å². The molecule has 0 radical (unpaired) electrons. The number of pyridine rings is 1. The average molecular weight is 242 g/mol. The van der Waals surface area contributed by atoms with E-state index in [1.807, 2.05) is 0 Å². The number of alkyl halides is 2. The molecule has 1 amide bonds. The molecule has 0 aromatic carbocycles. The largest absolute Gasteiger partial charge is 0.365 e. The number of aromatic nitrogens is 1. The van der Waals surface area contributed by atoms with Crippen molar-refractivity contribution in [2.24, 2.45) is 5.73 Å². The Balaban J connectivity index is 3.73. The Morgan fingerprint density at radius 1 is 1.65 bits per heavy atom. The summed E-state index contributed by atoms with van der Waals surface area (Å²) in [5, 5.41) is 19.2. The van der Waals surface area contributed by atoms with Gasteiger partial charge < -0.3 is 5.73 Å². The van der Waals surface area contributed by atoms with Gasteiger partial charge in [0.25, 0.3) is 12.3 Å². The Morgan fingerprint density at radius 2 is 2.24 bits per heavy atom. The van der Waals surface area contributed by atoms with Crippen molar-refractivity contribution in [3.63, 3.8) is 0 Å². The molecule has 0 saturated heterocycles. The maximum absolute atomic E-state index is 12.5. The summed E-state index contributed by atoms with van der Waals surface area (Å²) in [6, 6.07) is 1.33. The van der Waals surface area contributed by atoms with Gasteiger partial charge >= 0.3 is 5.69 Å². The van der Waals surface area contributed by atoms with E-state index in [1.54, 1.807) is 0 Å². The van der Waals surface area contributed by atoms with Gasteiger partial charge in [0.1, 0.15) is 11.6 Å². The molecule has 0 aliphatic heterocycles. The first-order valence-electron chi connectivity index (χ1n) is 4.05. The van der Waals surface area contributed by atoms with E-state index in [9.17, 15) is 23.7 Å². The van der Waals surface area contributed by atoms with E-state index < -0.39 is 39.8 Å². The first-order chi connectivity index (χ1) is 7.90. The summed E-state index contributed by atoms with van der Waals surface area (Å²) in [5.74, 6) is -1.41. The molecule has 7 nitrogen and oxygen atoms in total. The van der Waals surface area contributed by atoms with Gasteiger partial charge in [-0.05, 0) is 0 Å². The van der Waals surface area contributed by atoms with Crippen LogP contribution in [0.4, 0.5) is 14.5 Å². The first-order valence-corrected chi connectivity index (χ1v) is 4.05. The van der Waals surface area contributed by atoms with Crippen molar-refractivity contribution in [1.29, 1.82) is 5.26 Å². The number of nitrogens with zero attached hydrogens (tertiary/aromatic N) is 3. The first kappa shape index (κ1) is 12.4. The normalized spacial score (nSPS) is 10.0. The zero-order chi connectivity index (χ0) is 13.2. The van der Waals surface area contributed by atoms with E-state index in [0.29, 0.717) is 6.20 Å². The molecule has 0 fully saturated rings. The summed E-state index contributed by atoms with van der Waals surface area (Å²) < 4.78 is 25.0. The Bertz CT molecular complexity index is 538. The predicted molar refractivity (Wildman–Crippen MR) is 49.1 cm³/mol. The summed E-state index contributed by atoms with van der Waals surface area (Å²) in [5.41, 5.74) is 1.00. The molecule has 2 N–H and O–H groups in total. The minimum Gasteiger partial charge on any atom is -0.365 e. The van der Waals surface area contributed by atoms with E-state index in [2.05, 4.69) is 4.98 Å². The Kier molecular flexibility index (Phi) is 3.28. The number of rotatable bonds is 3. The maximum Gasteiger partial charge on any atom is 0.318 e. The average Bonchev–Trinajstić information content (AvgIpc) is 2.26. The minimum atomic E-state index is -3.16. The Morgan fingerprint density at radius 3 is 2.59 bits per heavy atom. The monoisotopic (exact) mass is 242 g/mol. The van der Waals surface area contributed by atoms with Crippen LogP contribution in [0.3, 0.4) is 0 Å². The lowest BCUT2D eigenvalue weighted by Gasteiger charge is -2.06. The van der Waals surface area contributed by atoms with Gasteiger partial charge in [-0.15, -0.1) is 0 Å². The van der Waals surface area contributed by atoms with Crippen molar-refractivity contribution in [2.75, 3.05) is 0 Å². The molecular weight excluding hydrogens is 238 g/mol. The highest BCUT2D eigenvalue weighted by molar-refractivity contribution is 5.99. The van der Waals surface area contributed by atoms with Gasteiger partial charge in [-0.2, -0.15) is 5.26 Å². The zero-order valence-electron chi connectivity index (χ0n) is 8.05. The van der Waals surface area contributed by atoms with E-state index in [4.69, 9.17) is 11.0 Å².